The Morgan fingerprint density at radius 1 is 0.952 bits per heavy atom. The molecule has 0 spiro atoms. The van der Waals surface area contributed by atoms with Gasteiger partial charge in [0.1, 0.15) is 11.4 Å². The van der Waals surface area contributed by atoms with Gasteiger partial charge in [0.05, 0.1) is 29.2 Å². The minimum atomic E-state index is -0.316. The number of aromatic nitrogens is 2. The number of Topliss-reactive ketones (excluding diaryl/α,β-unsaturated/α-hetero) is 2. The van der Waals surface area contributed by atoms with E-state index in [9.17, 15) is 9.59 Å². The van der Waals surface area contributed by atoms with Gasteiger partial charge in [-0.05, 0) is 26.0 Å². The molecule has 1 aromatic carbocycles. The smallest absolute Gasteiger partial charge is 0.228 e. The van der Waals surface area contributed by atoms with Crippen molar-refractivity contribution in [3.8, 4) is 0 Å². The van der Waals surface area contributed by atoms with E-state index in [1.165, 1.54) is 0 Å². The minimum absolute atomic E-state index is 0.0299. The van der Waals surface area contributed by atoms with Gasteiger partial charge < -0.3 is 0 Å². The molecule has 0 aliphatic heterocycles. The fourth-order valence-corrected chi connectivity index (χ4v) is 2.16. The third-order valence-electron chi connectivity index (χ3n) is 3.40. The topological polar surface area (TPSA) is 72.3 Å². The molecule has 1 aliphatic rings. The molecule has 0 unspecified atom stereocenters. The summed E-state index contributed by atoms with van der Waals surface area (Å²) in [5, 5.41) is 0. The summed E-state index contributed by atoms with van der Waals surface area (Å²) < 4.78 is 0. The van der Waals surface area contributed by atoms with Crippen molar-refractivity contribution in [2.75, 3.05) is 0 Å². The van der Waals surface area contributed by atoms with Crippen LogP contribution in [0.15, 0.2) is 35.3 Å². The lowest BCUT2D eigenvalue weighted by Gasteiger charge is -2.15. The average molecular weight is 279 g/mol. The predicted molar refractivity (Wildman–Crippen MR) is 78.3 cm³/mol. The van der Waals surface area contributed by atoms with Crippen LogP contribution in [0.5, 0.6) is 0 Å². The zero-order chi connectivity index (χ0) is 15.0. The average Bonchev–Trinajstić information content (AvgIpc) is 2.48. The third kappa shape index (κ3) is 2.38. The lowest BCUT2D eigenvalue weighted by molar-refractivity contribution is 0.0957. The van der Waals surface area contributed by atoms with Gasteiger partial charge in [0.2, 0.25) is 5.78 Å². The van der Waals surface area contributed by atoms with Gasteiger partial charge >= 0.3 is 0 Å². The van der Waals surface area contributed by atoms with Gasteiger partial charge in [-0.1, -0.05) is 18.2 Å². The highest BCUT2D eigenvalue weighted by atomic mass is 16.1. The summed E-state index contributed by atoms with van der Waals surface area (Å²) in [4.78, 5) is 37.3. The van der Waals surface area contributed by atoms with Crippen LogP contribution in [0.2, 0.25) is 0 Å². The number of benzene rings is 1. The number of aryl methyl sites for hydroxylation is 2. The van der Waals surface area contributed by atoms with E-state index in [2.05, 4.69) is 15.0 Å². The number of carbonyl (C=O) groups is 2. The van der Waals surface area contributed by atoms with Gasteiger partial charge in [0.15, 0.2) is 5.78 Å². The van der Waals surface area contributed by atoms with E-state index >= 15 is 0 Å². The highest BCUT2D eigenvalue weighted by molar-refractivity contribution is 6.52. The first-order valence-electron chi connectivity index (χ1n) is 6.62. The van der Waals surface area contributed by atoms with E-state index in [4.69, 9.17) is 0 Å². The maximum atomic E-state index is 12.4. The first-order valence-corrected chi connectivity index (χ1v) is 6.62. The SMILES string of the molecule is Cc1nc2c(nc1C)C(=O)C(=Nc1ccccc1)CC2=O. The van der Waals surface area contributed by atoms with Crippen molar-refractivity contribution < 1.29 is 9.59 Å². The first-order chi connectivity index (χ1) is 10.1. The number of fused-ring (bicyclic) bond motifs is 1. The molecule has 5 nitrogen and oxygen atoms in total. The fraction of sp³-hybridized carbons (Fsp3) is 0.188. The molecule has 0 bridgehead atoms. The number of para-hydroxylation sites is 1. The molecule has 0 saturated carbocycles. The molecule has 0 N–H and O–H groups in total. The Balaban J connectivity index is 2.09. The Bertz CT molecular complexity index is 780. The predicted octanol–water partition coefficient (Wildman–Crippen LogP) is 2.64. The number of ketones is 2. The second-order valence-electron chi connectivity index (χ2n) is 4.91. The number of carbonyl (C=O) groups excluding carboxylic acids is 2. The molecule has 0 atom stereocenters. The Morgan fingerprint density at radius 3 is 2.24 bits per heavy atom. The maximum Gasteiger partial charge on any atom is 0.228 e. The maximum absolute atomic E-state index is 12.4. The first kappa shape index (κ1) is 13.3. The molecular weight excluding hydrogens is 266 g/mol. The molecule has 1 aliphatic carbocycles. The van der Waals surface area contributed by atoms with Crippen LogP contribution in [0.25, 0.3) is 0 Å². The van der Waals surface area contributed by atoms with Crippen LogP contribution >= 0.6 is 0 Å². The second kappa shape index (κ2) is 5.01. The summed E-state index contributed by atoms with van der Waals surface area (Å²) in [6.07, 6.45) is -0.0299. The zero-order valence-electron chi connectivity index (χ0n) is 11.8. The third-order valence-corrected chi connectivity index (χ3v) is 3.40. The van der Waals surface area contributed by atoms with E-state index in [1.54, 1.807) is 26.0 Å². The summed E-state index contributed by atoms with van der Waals surface area (Å²) in [5.74, 6) is -0.529. The Kier molecular flexibility index (Phi) is 3.17. The normalized spacial score (nSPS) is 16.2. The summed E-state index contributed by atoms with van der Waals surface area (Å²) in [6, 6.07) is 9.09. The van der Waals surface area contributed by atoms with Crippen LogP contribution in [0.1, 0.15) is 38.8 Å². The lowest BCUT2D eigenvalue weighted by Crippen LogP contribution is -2.30. The van der Waals surface area contributed by atoms with Crippen LogP contribution in [-0.2, 0) is 0 Å². The molecule has 0 fully saturated rings. The molecule has 2 aromatic rings. The molecule has 3 rings (SSSR count). The Morgan fingerprint density at radius 2 is 1.57 bits per heavy atom. The zero-order valence-corrected chi connectivity index (χ0v) is 11.8. The molecule has 104 valence electrons. The number of rotatable bonds is 1. The van der Waals surface area contributed by atoms with Gasteiger partial charge in [-0.15, -0.1) is 0 Å². The summed E-state index contributed by atoms with van der Waals surface area (Å²) in [5.41, 5.74) is 2.46. The molecule has 0 amide bonds. The molecule has 1 heterocycles. The summed E-state index contributed by atoms with van der Waals surface area (Å²) >= 11 is 0. The van der Waals surface area contributed by atoms with Gasteiger partial charge in [-0.2, -0.15) is 0 Å². The van der Waals surface area contributed by atoms with E-state index in [0.717, 1.165) is 0 Å². The molecule has 5 heteroatoms. The lowest BCUT2D eigenvalue weighted by atomic mass is 9.95. The van der Waals surface area contributed by atoms with Crippen molar-refractivity contribution in [3.05, 3.63) is 53.1 Å². The molecule has 0 radical (unpaired) electrons. The van der Waals surface area contributed by atoms with Crippen molar-refractivity contribution in [1.29, 1.82) is 0 Å². The van der Waals surface area contributed by atoms with Gasteiger partial charge in [0.25, 0.3) is 0 Å². The van der Waals surface area contributed by atoms with Gasteiger partial charge in [-0.25, -0.2) is 15.0 Å². The largest absolute Gasteiger partial charge is 0.292 e. The number of aliphatic imine (C=N–C) groups is 1. The molecule has 1 aromatic heterocycles. The number of hydrogen-bond donors (Lipinski definition) is 0. The quantitative estimate of drug-likeness (QED) is 0.804. The Hall–Kier alpha value is -2.69. The van der Waals surface area contributed by atoms with Crippen LogP contribution in [0, 0.1) is 13.8 Å². The minimum Gasteiger partial charge on any atom is -0.292 e. The van der Waals surface area contributed by atoms with E-state index in [1.807, 2.05) is 18.2 Å². The standard InChI is InChI=1S/C16H13N3O2/c1-9-10(2)18-15-14(17-9)13(20)8-12(16(15)21)19-11-6-4-3-5-7-11/h3-7H,8H2,1-2H3. The van der Waals surface area contributed by atoms with Crippen molar-refractivity contribution in [2.45, 2.75) is 20.3 Å². The molecule has 0 saturated heterocycles. The number of hydrogen-bond acceptors (Lipinski definition) is 5. The molecule has 21 heavy (non-hydrogen) atoms. The van der Waals surface area contributed by atoms with Crippen LogP contribution in [0.3, 0.4) is 0 Å². The molecular formula is C16H13N3O2. The van der Waals surface area contributed by atoms with Crippen LogP contribution < -0.4 is 0 Å². The summed E-state index contributed by atoms with van der Waals surface area (Å²) in [6.45, 7) is 3.54. The van der Waals surface area contributed by atoms with Crippen molar-refractivity contribution in [2.24, 2.45) is 4.99 Å². The van der Waals surface area contributed by atoms with Gasteiger partial charge in [0, 0.05) is 0 Å². The van der Waals surface area contributed by atoms with Crippen molar-refractivity contribution >= 4 is 23.0 Å². The van der Waals surface area contributed by atoms with Crippen molar-refractivity contribution in [1.82, 2.24) is 9.97 Å². The van der Waals surface area contributed by atoms with E-state index < -0.39 is 0 Å². The van der Waals surface area contributed by atoms with Crippen LogP contribution in [0.4, 0.5) is 5.69 Å². The Labute approximate surface area is 121 Å². The highest BCUT2D eigenvalue weighted by Crippen LogP contribution is 2.21. The summed E-state index contributed by atoms with van der Waals surface area (Å²) in [7, 11) is 0. The number of nitrogens with zero attached hydrogens (tertiary/aromatic N) is 3. The van der Waals surface area contributed by atoms with Gasteiger partial charge in [-0.3, -0.25) is 9.59 Å². The monoisotopic (exact) mass is 279 g/mol. The fourth-order valence-electron chi connectivity index (χ4n) is 2.16. The van der Waals surface area contributed by atoms with Crippen molar-refractivity contribution in [3.63, 3.8) is 0 Å². The highest BCUT2D eigenvalue weighted by Gasteiger charge is 2.32. The van der Waals surface area contributed by atoms with E-state index in [-0.39, 0.29) is 35.1 Å². The van der Waals surface area contributed by atoms with E-state index in [0.29, 0.717) is 17.1 Å². The second-order valence-corrected chi connectivity index (χ2v) is 4.91. The van der Waals surface area contributed by atoms with Crippen LogP contribution in [-0.4, -0.2) is 27.2 Å².